The molecule has 94 valence electrons. The normalized spacial score (nSPS) is 10.4. The van der Waals surface area contributed by atoms with Gasteiger partial charge in [0.1, 0.15) is 5.82 Å². The molecule has 18 heavy (non-hydrogen) atoms. The van der Waals surface area contributed by atoms with Crippen LogP contribution >= 0.6 is 15.9 Å². The molecular formula is C14H16BrN3. The summed E-state index contributed by atoms with van der Waals surface area (Å²) in [7, 11) is 0. The summed E-state index contributed by atoms with van der Waals surface area (Å²) in [5.74, 6) is 1.62. The molecule has 0 unspecified atom stereocenters. The van der Waals surface area contributed by atoms with Crippen molar-refractivity contribution < 1.29 is 0 Å². The zero-order valence-electron chi connectivity index (χ0n) is 10.6. The Morgan fingerprint density at radius 3 is 2.56 bits per heavy atom. The Morgan fingerprint density at radius 1 is 1.17 bits per heavy atom. The fourth-order valence-electron chi connectivity index (χ4n) is 1.64. The van der Waals surface area contributed by atoms with Gasteiger partial charge in [-0.1, -0.05) is 37.3 Å². The molecule has 0 amide bonds. The molecule has 4 heteroatoms. The van der Waals surface area contributed by atoms with E-state index in [4.69, 9.17) is 0 Å². The van der Waals surface area contributed by atoms with Crippen LogP contribution in [0.15, 0.2) is 34.8 Å². The van der Waals surface area contributed by atoms with Gasteiger partial charge in [0.15, 0.2) is 5.82 Å². The second-order valence-electron chi connectivity index (χ2n) is 4.09. The summed E-state index contributed by atoms with van der Waals surface area (Å²) in [6.07, 6.45) is 1.07. The van der Waals surface area contributed by atoms with Gasteiger partial charge in [0.05, 0.1) is 10.2 Å². The minimum atomic E-state index is 0.759. The number of nitrogens with zero attached hydrogens (tertiary/aromatic N) is 2. The van der Waals surface area contributed by atoms with Crippen molar-refractivity contribution in [3.8, 4) is 11.4 Å². The van der Waals surface area contributed by atoms with Crippen LogP contribution in [0.2, 0.25) is 0 Å². The van der Waals surface area contributed by atoms with Gasteiger partial charge in [-0.25, -0.2) is 9.97 Å². The van der Waals surface area contributed by atoms with Crippen LogP contribution in [0.3, 0.4) is 0 Å². The highest BCUT2D eigenvalue weighted by molar-refractivity contribution is 9.10. The molecule has 0 aliphatic rings. The van der Waals surface area contributed by atoms with Crippen LogP contribution in [-0.2, 0) is 0 Å². The topological polar surface area (TPSA) is 37.8 Å². The molecule has 2 rings (SSSR count). The molecule has 0 aliphatic carbocycles. The second-order valence-corrected chi connectivity index (χ2v) is 4.88. The zero-order valence-corrected chi connectivity index (χ0v) is 12.2. The van der Waals surface area contributed by atoms with Gasteiger partial charge in [0.2, 0.25) is 0 Å². The molecule has 0 aliphatic heterocycles. The van der Waals surface area contributed by atoms with E-state index in [2.05, 4.69) is 38.1 Å². The minimum Gasteiger partial charge on any atom is -0.369 e. The van der Waals surface area contributed by atoms with Crippen molar-refractivity contribution >= 4 is 21.7 Å². The summed E-state index contributed by atoms with van der Waals surface area (Å²) >= 11 is 3.53. The van der Waals surface area contributed by atoms with E-state index in [0.29, 0.717) is 0 Å². The first-order valence-corrected chi connectivity index (χ1v) is 6.85. The number of aromatic nitrogens is 2. The number of halogens is 1. The van der Waals surface area contributed by atoms with E-state index in [1.165, 1.54) is 0 Å². The van der Waals surface area contributed by atoms with E-state index in [1.807, 2.05) is 37.3 Å². The second kappa shape index (κ2) is 5.96. The Kier molecular flexibility index (Phi) is 4.31. The predicted molar refractivity (Wildman–Crippen MR) is 78.7 cm³/mol. The fraction of sp³-hybridized carbons (Fsp3) is 0.286. The van der Waals surface area contributed by atoms with Crippen LogP contribution in [0, 0.1) is 6.92 Å². The zero-order chi connectivity index (χ0) is 13.0. The summed E-state index contributed by atoms with van der Waals surface area (Å²) in [5.41, 5.74) is 1.98. The average molecular weight is 306 g/mol. The molecule has 1 heterocycles. The number of anilines is 1. The van der Waals surface area contributed by atoms with Crippen LogP contribution < -0.4 is 5.32 Å². The number of aryl methyl sites for hydroxylation is 1. The van der Waals surface area contributed by atoms with Gasteiger partial charge >= 0.3 is 0 Å². The number of hydrogen-bond acceptors (Lipinski definition) is 3. The van der Waals surface area contributed by atoms with Crippen molar-refractivity contribution in [3.63, 3.8) is 0 Å². The van der Waals surface area contributed by atoms with Crippen LogP contribution in [-0.4, -0.2) is 16.5 Å². The maximum absolute atomic E-state index is 4.57. The van der Waals surface area contributed by atoms with E-state index in [0.717, 1.165) is 40.3 Å². The quantitative estimate of drug-likeness (QED) is 0.926. The van der Waals surface area contributed by atoms with E-state index >= 15 is 0 Å². The van der Waals surface area contributed by atoms with E-state index < -0.39 is 0 Å². The first kappa shape index (κ1) is 13.0. The third-order valence-corrected chi connectivity index (χ3v) is 3.54. The lowest BCUT2D eigenvalue weighted by molar-refractivity contribution is 0.958. The lowest BCUT2D eigenvalue weighted by Crippen LogP contribution is -2.06. The van der Waals surface area contributed by atoms with Crippen molar-refractivity contribution in [2.45, 2.75) is 20.3 Å². The standard InChI is InChI=1S/C14H16BrN3/c1-3-9-16-14-12(15)10(2)17-13(18-14)11-7-5-4-6-8-11/h4-8H,3,9H2,1-2H3,(H,16,17,18). The highest BCUT2D eigenvalue weighted by Crippen LogP contribution is 2.26. The van der Waals surface area contributed by atoms with Crippen molar-refractivity contribution in [2.24, 2.45) is 0 Å². The molecule has 0 saturated carbocycles. The lowest BCUT2D eigenvalue weighted by atomic mass is 10.2. The Morgan fingerprint density at radius 2 is 1.89 bits per heavy atom. The van der Waals surface area contributed by atoms with Crippen molar-refractivity contribution in [3.05, 3.63) is 40.5 Å². The first-order valence-electron chi connectivity index (χ1n) is 6.05. The number of hydrogen-bond donors (Lipinski definition) is 1. The Bertz CT molecular complexity index is 526. The fourth-order valence-corrected chi connectivity index (χ4v) is 1.95. The molecule has 0 bridgehead atoms. The molecule has 0 atom stereocenters. The van der Waals surface area contributed by atoms with Gasteiger partial charge in [-0.3, -0.25) is 0 Å². The minimum absolute atomic E-state index is 0.759. The lowest BCUT2D eigenvalue weighted by Gasteiger charge is -2.10. The average Bonchev–Trinajstić information content (AvgIpc) is 2.41. The first-order chi connectivity index (χ1) is 8.72. The van der Waals surface area contributed by atoms with Gasteiger partial charge < -0.3 is 5.32 Å². The third kappa shape index (κ3) is 2.88. The molecule has 0 spiro atoms. The molecule has 3 nitrogen and oxygen atoms in total. The van der Waals surface area contributed by atoms with E-state index in [-0.39, 0.29) is 0 Å². The molecular weight excluding hydrogens is 290 g/mol. The van der Waals surface area contributed by atoms with Crippen LogP contribution in [0.1, 0.15) is 19.0 Å². The summed E-state index contributed by atoms with van der Waals surface area (Å²) in [6.45, 7) is 5.02. The maximum Gasteiger partial charge on any atom is 0.161 e. The molecule has 1 N–H and O–H groups in total. The van der Waals surface area contributed by atoms with Gasteiger partial charge in [0.25, 0.3) is 0 Å². The number of benzene rings is 1. The summed E-state index contributed by atoms with van der Waals surface area (Å²) in [5, 5.41) is 3.32. The number of rotatable bonds is 4. The van der Waals surface area contributed by atoms with Gasteiger partial charge in [0, 0.05) is 12.1 Å². The smallest absolute Gasteiger partial charge is 0.161 e. The van der Waals surface area contributed by atoms with Crippen molar-refractivity contribution in [1.29, 1.82) is 0 Å². The van der Waals surface area contributed by atoms with Gasteiger partial charge in [-0.2, -0.15) is 0 Å². The van der Waals surface area contributed by atoms with Crippen molar-refractivity contribution in [2.75, 3.05) is 11.9 Å². The SMILES string of the molecule is CCCNc1nc(-c2ccccc2)nc(C)c1Br. The molecule has 0 saturated heterocycles. The van der Waals surface area contributed by atoms with E-state index in [1.54, 1.807) is 0 Å². The molecule has 1 aromatic carbocycles. The van der Waals surface area contributed by atoms with Crippen molar-refractivity contribution in [1.82, 2.24) is 9.97 Å². The van der Waals surface area contributed by atoms with E-state index in [9.17, 15) is 0 Å². The number of nitrogens with one attached hydrogen (secondary N) is 1. The van der Waals surface area contributed by atoms with Crippen LogP contribution in [0.4, 0.5) is 5.82 Å². The molecule has 0 radical (unpaired) electrons. The molecule has 1 aromatic heterocycles. The molecule has 2 aromatic rings. The highest BCUT2D eigenvalue weighted by atomic mass is 79.9. The van der Waals surface area contributed by atoms with Gasteiger partial charge in [-0.15, -0.1) is 0 Å². The Hall–Kier alpha value is -1.42. The molecule has 0 fully saturated rings. The van der Waals surface area contributed by atoms with Crippen LogP contribution in [0.25, 0.3) is 11.4 Å². The Balaban J connectivity index is 2.41. The highest BCUT2D eigenvalue weighted by Gasteiger charge is 2.09. The van der Waals surface area contributed by atoms with Gasteiger partial charge in [-0.05, 0) is 29.3 Å². The summed E-state index contributed by atoms with van der Waals surface area (Å²) in [6, 6.07) is 10.0. The third-order valence-electron chi connectivity index (χ3n) is 2.59. The largest absolute Gasteiger partial charge is 0.369 e. The maximum atomic E-state index is 4.57. The Labute approximate surface area is 116 Å². The van der Waals surface area contributed by atoms with Crippen LogP contribution in [0.5, 0.6) is 0 Å². The summed E-state index contributed by atoms with van der Waals surface area (Å²) in [4.78, 5) is 9.09. The predicted octanol–water partition coefficient (Wildman–Crippen LogP) is 4.04. The summed E-state index contributed by atoms with van der Waals surface area (Å²) < 4.78 is 0.940. The monoisotopic (exact) mass is 305 g/mol.